The van der Waals surface area contributed by atoms with Crippen LogP contribution in [0.2, 0.25) is 0 Å². The number of ether oxygens (including phenoxy) is 1. The Labute approximate surface area is 116 Å². The molecule has 0 atom stereocenters. The van der Waals surface area contributed by atoms with E-state index in [9.17, 15) is 19.2 Å². The molecule has 19 heavy (non-hydrogen) atoms. The first-order valence-corrected chi connectivity index (χ1v) is 7.00. The van der Waals surface area contributed by atoms with E-state index in [1.54, 1.807) is 20.8 Å². The average Bonchev–Trinajstić information content (AvgIpc) is 2.33. The van der Waals surface area contributed by atoms with E-state index in [0.717, 1.165) is 11.8 Å². The third-order valence-corrected chi connectivity index (χ3v) is 2.89. The summed E-state index contributed by atoms with van der Waals surface area (Å²) >= 11 is 0.787. The fourth-order valence-corrected chi connectivity index (χ4v) is 1.64. The van der Waals surface area contributed by atoms with Gasteiger partial charge in [0.2, 0.25) is 11.7 Å². The van der Waals surface area contributed by atoms with Crippen molar-refractivity contribution >= 4 is 34.5 Å². The number of hydrogen-bond acceptors (Lipinski definition) is 6. The Morgan fingerprint density at radius 1 is 1.21 bits per heavy atom. The number of esters is 1. The maximum absolute atomic E-state index is 11.4. The number of carbonyl (C=O) groups excluding carboxylic acids is 4. The van der Waals surface area contributed by atoms with E-state index in [1.807, 2.05) is 0 Å². The Morgan fingerprint density at radius 2 is 1.84 bits per heavy atom. The highest BCUT2D eigenvalue weighted by Crippen LogP contribution is 2.04. The molecule has 0 unspecified atom stereocenters. The zero-order valence-electron chi connectivity index (χ0n) is 11.4. The highest BCUT2D eigenvalue weighted by atomic mass is 32.2. The molecule has 7 heteroatoms. The Bertz CT molecular complexity index is 354. The first-order chi connectivity index (χ1) is 8.88. The quantitative estimate of drug-likeness (QED) is 0.303. The van der Waals surface area contributed by atoms with Gasteiger partial charge in [0.05, 0.1) is 6.61 Å². The van der Waals surface area contributed by atoms with Crippen molar-refractivity contribution < 1.29 is 23.9 Å². The van der Waals surface area contributed by atoms with E-state index in [1.165, 1.54) is 0 Å². The molecule has 0 aromatic heterocycles. The molecule has 0 aromatic rings. The lowest BCUT2D eigenvalue weighted by Gasteiger charge is -2.06. The summed E-state index contributed by atoms with van der Waals surface area (Å²) in [6, 6.07) is 0. The summed E-state index contributed by atoms with van der Waals surface area (Å²) in [5.74, 6) is -1.41. The van der Waals surface area contributed by atoms with E-state index >= 15 is 0 Å². The van der Waals surface area contributed by atoms with Crippen LogP contribution in [0.4, 0.5) is 0 Å². The number of hydrogen-bond donors (Lipinski definition) is 1. The second kappa shape index (κ2) is 9.55. The SMILES string of the molecule is CCOC(=O)CC(=O)C(=O)SCCNC(=O)C(C)C. The third-order valence-electron chi connectivity index (χ3n) is 2.00. The van der Waals surface area contributed by atoms with Gasteiger partial charge in [-0.3, -0.25) is 19.2 Å². The molecule has 0 rings (SSSR count). The number of carbonyl (C=O) groups is 4. The van der Waals surface area contributed by atoms with Crippen LogP contribution in [-0.2, 0) is 23.9 Å². The summed E-state index contributed by atoms with van der Waals surface area (Å²) in [6.07, 6.45) is -0.530. The van der Waals surface area contributed by atoms with Crippen molar-refractivity contribution in [3.63, 3.8) is 0 Å². The van der Waals surface area contributed by atoms with E-state index in [4.69, 9.17) is 0 Å². The molecule has 1 amide bonds. The van der Waals surface area contributed by atoms with Crippen LogP contribution >= 0.6 is 11.8 Å². The summed E-state index contributed by atoms with van der Waals surface area (Å²) in [5.41, 5.74) is 0. The van der Waals surface area contributed by atoms with Crippen LogP contribution in [0.1, 0.15) is 27.2 Å². The average molecular weight is 289 g/mol. The van der Waals surface area contributed by atoms with Crippen LogP contribution < -0.4 is 5.32 Å². The molecule has 108 valence electrons. The van der Waals surface area contributed by atoms with Gasteiger partial charge in [-0.05, 0) is 6.92 Å². The predicted molar refractivity (Wildman–Crippen MR) is 71.6 cm³/mol. The fraction of sp³-hybridized carbons (Fsp3) is 0.667. The van der Waals surface area contributed by atoms with Gasteiger partial charge in [0.15, 0.2) is 0 Å². The standard InChI is InChI=1S/C12H19NO5S/c1-4-18-10(15)7-9(14)12(17)19-6-5-13-11(16)8(2)3/h8H,4-7H2,1-3H3,(H,13,16). The van der Waals surface area contributed by atoms with Gasteiger partial charge in [0.25, 0.3) is 5.12 Å². The molecule has 0 saturated carbocycles. The first-order valence-electron chi connectivity index (χ1n) is 6.01. The third kappa shape index (κ3) is 8.36. The van der Waals surface area contributed by atoms with E-state index < -0.39 is 23.3 Å². The van der Waals surface area contributed by atoms with Crippen molar-refractivity contribution in [1.82, 2.24) is 5.32 Å². The minimum atomic E-state index is -0.779. The van der Waals surface area contributed by atoms with Crippen molar-refractivity contribution in [2.75, 3.05) is 18.9 Å². The van der Waals surface area contributed by atoms with Crippen molar-refractivity contribution in [1.29, 1.82) is 0 Å². The molecule has 0 saturated heterocycles. The largest absolute Gasteiger partial charge is 0.466 e. The highest BCUT2D eigenvalue weighted by molar-refractivity contribution is 8.15. The van der Waals surface area contributed by atoms with Crippen molar-refractivity contribution in [3.8, 4) is 0 Å². The lowest BCUT2D eigenvalue weighted by atomic mass is 10.2. The van der Waals surface area contributed by atoms with Gasteiger partial charge >= 0.3 is 5.97 Å². The zero-order chi connectivity index (χ0) is 14.8. The number of Topliss-reactive ketones (excluding diaryl/α,β-unsaturated/α-hetero) is 1. The highest BCUT2D eigenvalue weighted by Gasteiger charge is 2.18. The van der Waals surface area contributed by atoms with Gasteiger partial charge in [-0.25, -0.2) is 0 Å². The predicted octanol–water partition coefficient (Wildman–Crippen LogP) is 0.541. The molecule has 0 fully saturated rings. The molecular formula is C12H19NO5S. The number of thioether (sulfide) groups is 1. The Morgan fingerprint density at radius 3 is 2.37 bits per heavy atom. The molecule has 0 spiro atoms. The van der Waals surface area contributed by atoms with Gasteiger partial charge in [-0.2, -0.15) is 0 Å². The maximum atomic E-state index is 11.4. The molecule has 0 aliphatic heterocycles. The van der Waals surface area contributed by atoms with Crippen LogP contribution in [0.5, 0.6) is 0 Å². The second-order valence-electron chi connectivity index (χ2n) is 3.99. The van der Waals surface area contributed by atoms with E-state index in [0.29, 0.717) is 12.3 Å². The summed E-state index contributed by atoms with van der Waals surface area (Å²) in [5, 5.41) is 1.93. The number of amides is 1. The van der Waals surface area contributed by atoms with Crippen LogP contribution in [0.3, 0.4) is 0 Å². The summed E-state index contributed by atoms with van der Waals surface area (Å²) in [6.45, 7) is 5.62. The van der Waals surface area contributed by atoms with Gasteiger partial charge in [0, 0.05) is 18.2 Å². The van der Waals surface area contributed by atoms with Crippen molar-refractivity contribution in [2.24, 2.45) is 5.92 Å². The number of nitrogens with one attached hydrogen (secondary N) is 1. The molecule has 0 aliphatic carbocycles. The van der Waals surface area contributed by atoms with Crippen LogP contribution in [0.25, 0.3) is 0 Å². The molecule has 0 aliphatic rings. The van der Waals surface area contributed by atoms with Gasteiger partial charge < -0.3 is 10.1 Å². The summed E-state index contributed by atoms with van der Waals surface area (Å²) in [4.78, 5) is 44.9. The Kier molecular flexibility index (Phi) is 8.86. The molecule has 0 radical (unpaired) electrons. The zero-order valence-corrected chi connectivity index (χ0v) is 12.2. The van der Waals surface area contributed by atoms with Gasteiger partial charge in [0.1, 0.15) is 6.42 Å². The smallest absolute Gasteiger partial charge is 0.313 e. The second-order valence-corrected chi connectivity index (χ2v) is 5.05. The minimum Gasteiger partial charge on any atom is -0.466 e. The summed E-state index contributed by atoms with van der Waals surface area (Å²) in [7, 11) is 0. The molecular weight excluding hydrogens is 270 g/mol. The topological polar surface area (TPSA) is 89.5 Å². The van der Waals surface area contributed by atoms with Gasteiger partial charge in [-0.15, -0.1) is 0 Å². The lowest BCUT2D eigenvalue weighted by molar-refractivity contribution is -0.147. The van der Waals surface area contributed by atoms with Crippen molar-refractivity contribution in [3.05, 3.63) is 0 Å². The molecule has 0 heterocycles. The van der Waals surface area contributed by atoms with Crippen molar-refractivity contribution in [2.45, 2.75) is 27.2 Å². The molecule has 6 nitrogen and oxygen atoms in total. The lowest BCUT2D eigenvalue weighted by Crippen LogP contribution is -2.30. The van der Waals surface area contributed by atoms with Crippen LogP contribution in [0, 0.1) is 5.92 Å². The number of ketones is 1. The Hall–Kier alpha value is -1.37. The van der Waals surface area contributed by atoms with E-state index in [2.05, 4.69) is 10.1 Å². The normalized spacial score (nSPS) is 10.1. The first kappa shape index (κ1) is 17.6. The Balaban J connectivity index is 3.83. The maximum Gasteiger partial charge on any atom is 0.313 e. The van der Waals surface area contributed by atoms with Gasteiger partial charge in [-0.1, -0.05) is 25.6 Å². The fourth-order valence-electron chi connectivity index (χ4n) is 1.02. The molecule has 1 N–H and O–H groups in total. The van der Waals surface area contributed by atoms with Crippen LogP contribution in [0.15, 0.2) is 0 Å². The molecule has 0 bridgehead atoms. The number of rotatable bonds is 8. The monoisotopic (exact) mass is 289 g/mol. The van der Waals surface area contributed by atoms with Crippen LogP contribution in [-0.4, -0.2) is 41.7 Å². The molecule has 0 aromatic carbocycles. The minimum absolute atomic E-state index is 0.106. The summed E-state index contributed by atoms with van der Waals surface area (Å²) < 4.78 is 4.57. The van der Waals surface area contributed by atoms with E-state index in [-0.39, 0.29) is 18.4 Å².